The second-order valence-electron chi connectivity index (χ2n) is 8.64. The molecule has 0 unspecified atom stereocenters. The molecule has 11 nitrogen and oxygen atoms in total. The fourth-order valence-corrected chi connectivity index (χ4v) is 4.91. The second-order valence-corrected chi connectivity index (χ2v) is 10.3. The van der Waals surface area contributed by atoms with Gasteiger partial charge in [-0.05, 0) is 19.8 Å². The summed E-state index contributed by atoms with van der Waals surface area (Å²) in [5.41, 5.74) is -0.0331. The van der Waals surface area contributed by atoms with E-state index in [1.807, 2.05) is 0 Å². The highest BCUT2D eigenvalue weighted by atomic mass is 31.2. The molecular weight excluding hydrogens is 515 g/mol. The minimum absolute atomic E-state index is 0.246. The van der Waals surface area contributed by atoms with Crippen LogP contribution < -0.4 is 11.2 Å². The summed E-state index contributed by atoms with van der Waals surface area (Å²) >= 11 is 0. The van der Waals surface area contributed by atoms with E-state index in [2.05, 4.69) is 4.98 Å². The third-order valence-corrected chi connectivity index (χ3v) is 7.21. The first-order chi connectivity index (χ1) is 18.2. The number of nitrogens with zero attached hydrogens (tertiary/aromatic N) is 1. The van der Waals surface area contributed by atoms with E-state index < -0.39 is 56.2 Å². The Morgan fingerprint density at radius 2 is 1.47 bits per heavy atom. The van der Waals surface area contributed by atoms with Crippen LogP contribution in [0.2, 0.25) is 0 Å². The summed E-state index contributed by atoms with van der Waals surface area (Å²) in [4.78, 5) is 51.0. The maximum Gasteiger partial charge on any atom is 0.475 e. The van der Waals surface area contributed by atoms with Crippen molar-refractivity contribution in [2.75, 3.05) is 19.8 Å². The average molecular weight is 542 g/mol. The van der Waals surface area contributed by atoms with Gasteiger partial charge in [-0.2, -0.15) is 0 Å². The summed E-state index contributed by atoms with van der Waals surface area (Å²) in [5.74, 6) is -0.894. The predicted octanol–water partition coefficient (Wildman–Crippen LogP) is 3.45. The number of benzene rings is 2. The molecule has 0 saturated carbocycles. The molecule has 1 aromatic heterocycles. The Morgan fingerprint density at radius 3 is 2.03 bits per heavy atom. The zero-order valence-electron chi connectivity index (χ0n) is 20.6. The largest absolute Gasteiger partial charge is 0.475 e. The van der Waals surface area contributed by atoms with E-state index in [0.717, 1.165) is 0 Å². The van der Waals surface area contributed by atoms with Crippen molar-refractivity contribution in [1.82, 2.24) is 9.55 Å². The number of aromatic nitrogens is 2. The highest BCUT2D eigenvalue weighted by Gasteiger charge is 2.34. The topological polar surface area (TPSA) is 143 Å². The third-order valence-electron chi connectivity index (χ3n) is 5.86. The van der Waals surface area contributed by atoms with Gasteiger partial charge in [0, 0.05) is 22.9 Å². The second kappa shape index (κ2) is 12.4. The van der Waals surface area contributed by atoms with Gasteiger partial charge in [-0.1, -0.05) is 60.7 Å². The van der Waals surface area contributed by atoms with Gasteiger partial charge in [0.2, 0.25) is 0 Å². The number of hydrogen-bond acceptors (Lipinski definition) is 9. The average Bonchev–Trinajstić information content (AvgIpc) is 3.41. The Kier molecular flexibility index (Phi) is 8.98. The molecule has 1 saturated heterocycles. The molecule has 0 radical (unpaired) electrons. The smallest absolute Gasteiger partial charge is 0.352 e. The van der Waals surface area contributed by atoms with Crippen LogP contribution in [0.25, 0.3) is 0 Å². The molecule has 0 bridgehead atoms. The van der Waals surface area contributed by atoms with Crippen molar-refractivity contribution >= 4 is 19.4 Å². The number of aryl methyl sites for hydroxylation is 1. The van der Waals surface area contributed by atoms with Gasteiger partial charge in [-0.3, -0.25) is 37.5 Å². The highest BCUT2D eigenvalue weighted by molar-refractivity contribution is 7.48. The van der Waals surface area contributed by atoms with Crippen molar-refractivity contribution in [1.29, 1.82) is 0 Å². The van der Waals surface area contributed by atoms with Crippen LogP contribution in [-0.2, 0) is 22.9 Å². The van der Waals surface area contributed by atoms with Gasteiger partial charge in [0.15, 0.2) is 11.6 Å². The quantitative estimate of drug-likeness (QED) is 0.269. The lowest BCUT2D eigenvalue weighted by molar-refractivity contribution is -0.0274. The van der Waals surface area contributed by atoms with E-state index in [0.29, 0.717) is 29.5 Å². The van der Waals surface area contributed by atoms with Gasteiger partial charge in [0.25, 0.3) is 5.56 Å². The van der Waals surface area contributed by atoms with E-state index in [1.54, 1.807) is 67.6 Å². The van der Waals surface area contributed by atoms with Crippen molar-refractivity contribution in [2.45, 2.75) is 32.1 Å². The predicted molar refractivity (Wildman–Crippen MR) is 136 cm³/mol. The zero-order chi connectivity index (χ0) is 27.1. The molecule has 12 heteroatoms. The number of phosphoric ester groups is 1. The van der Waals surface area contributed by atoms with E-state index in [-0.39, 0.29) is 6.61 Å². The van der Waals surface area contributed by atoms with Crippen LogP contribution >= 0.6 is 7.82 Å². The van der Waals surface area contributed by atoms with Crippen LogP contribution in [0.5, 0.6) is 0 Å². The van der Waals surface area contributed by atoms with Crippen LogP contribution in [0.1, 0.15) is 45.3 Å². The SMILES string of the molecule is Cc1cn([C@H]2CC[C@@H](COP(=O)(OCC(=O)c3ccccc3)OCC(=O)c3ccccc3)O2)c(=O)[nH]c1=O. The molecule has 2 aromatic carbocycles. The van der Waals surface area contributed by atoms with Crippen LogP contribution in [0.3, 0.4) is 0 Å². The normalized spacial score (nSPS) is 17.4. The van der Waals surface area contributed by atoms with Crippen LogP contribution in [-0.4, -0.2) is 47.0 Å². The standard InChI is InChI=1S/C26H27N2O9P/c1-18-14-28(26(32)27-25(18)31)24-13-12-21(37-24)15-34-38(33,35-16-22(29)19-8-4-2-5-9-19)36-17-23(30)20-10-6-3-7-11-20/h2-11,14,21,24H,12-13,15-17H2,1H3,(H,27,31,32)/t21-,24+/m0/s1. The highest BCUT2D eigenvalue weighted by Crippen LogP contribution is 2.50. The van der Waals surface area contributed by atoms with Crippen molar-refractivity contribution in [2.24, 2.45) is 0 Å². The van der Waals surface area contributed by atoms with Gasteiger partial charge in [-0.15, -0.1) is 0 Å². The molecule has 0 amide bonds. The molecule has 1 aliphatic heterocycles. The number of carbonyl (C=O) groups excluding carboxylic acids is 2. The number of phosphoric acid groups is 1. The van der Waals surface area contributed by atoms with Crippen LogP contribution in [0, 0.1) is 6.92 Å². The van der Waals surface area contributed by atoms with Gasteiger partial charge in [-0.25, -0.2) is 9.36 Å². The third kappa shape index (κ3) is 7.09. The van der Waals surface area contributed by atoms with Crippen molar-refractivity contribution < 1.29 is 32.5 Å². The molecule has 2 atom stereocenters. The number of H-pyrrole nitrogens is 1. The van der Waals surface area contributed by atoms with E-state index in [9.17, 15) is 23.7 Å². The van der Waals surface area contributed by atoms with Gasteiger partial charge >= 0.3 is 13.5 Å². The Hall–Kier alpha value is -3.47. The molecular formula is C26H27N2O9P. The summed E-state index contributed by atoms with van der Waals surface area (Å²) in [6.07, 6.45) is 1.05. The molecule has 38 heavy (non-hydrogen) atoms. The molecule has 1 fully saturated rings. The van der Waals surface area contributed by atoms with Crippen LogP contribution in [0.4, 0.5) is 0 Å². The summed E-state index contributed by atoms with van der Waals surface area (Å²) in [6.45, 7) is 0.134. The monoisotopic (exact) mass is 542 g/mol. The molecule has 1 N–H and O–H groups in total. The fourth-order valence-electron chi connectivity index (χ4n) is 3.79. The number of nitrogens with one attached hydrogen (secondary N) is 1. The number of hydrogen-bond donors (Lipinski definition) is 1. The van der Waals surface area contributed by atoms with E-state index in [4.69, 9.17) is 18.3 Å². The maximum atomic E-state index is 13.4. The summed E-state index contributed by atoms with van der Waals surface area (Å²) in [5, 5.41) is 0. The minimum atomic E-state index is -4.37. The Balaban J connectivity index is 1.41. The number of ether oxygens (including phenoxy) is 1. The molecule has 4 rings (SSSR count). The lowest BCUT2D eigenvalue weighted by Gasteiger charge is -2.20. The van der Waals surface area contributed by atoms with E-state index >= 15 is 0 Å². The number of rotatable bonds is 12. The number of carbonyl (C=O) groups is 2. The van der Waals surface area contributed by atoms with Gasteiger partial charge in [0.05, 0.1) is 12.7 Å². The summed E-state index contributed by atoms with van der Waals surface area (Å²) < 4.78 is 36.6. The molecule has 0 aliphatic carbocycles. The number of ketones is 2. The Bertz CT molecular complexity index is 1380. The molecule has 3 aromatic rings. The van der Waals surface area contributed by atoms with Gasteiger partial charge < -0.3 is 4.74 Å². The first-order valence-corrected chi connectivity index (χ1v) is 13.4. The van der Waals surface area contributed by atoms with Crippen LogP contribution in [0.15, 0.2) is 76.4 Å². The number of Topliss-reactive ketones (excluding diaryl/α,β-unsaturated/α-hetero) is 2. The first-order valence-electron chi connectivity index (χ1n) is 11.9. The molecule has 1 aliphatic rings. The Morgan fingerprint density at radius 1 is 0.921 bits per heavy atom. The zero-order valence-corrected chi connectivity index (χ0v) is 21.5. The van der Waals surface area contributed by atoms with E-state index in [1.165, 1.54) is 10.8 Å². The minimum Gasteiger partial charge on any atom is -0.352 e. The molecule has 0 spiro atoms. The number of aromatic amines is 1. The summed E-state index contributed by atoms with van der Waals surface area (Å²) in [7, 11) is -4.37. The maximum absolute atomic E-state index is 13.4. The molecule has 200 valence electrons. The fraction of sp³-hybridized carbons (Fsp3) is 0.308. The lowest BCUT2D eigenvalue weighted by atomic mass is 10.1. The molecule has 2 heterocycles. The first kappa shape index (κ1) is 27.6. The summed E-state index contributed by atoms with van der Waals surface area (Å²) in [6, 6.07) is 16.6. The van der Waals surface area contributed by atoms with Gasteiger partial charge in [0.1, 0.15) is 19.4 Å². The lowest BCUT2D eigenvalue weighted by Crippen LogP contribution is -2.33. The van der Waals surface area contributed by atoms with Crippen molar-refractivity contribution in [3.8, 4) is 0 Å². The van der Waals surface area contributed by atoms with Crippen molar-refractivity contribution in [3.05, 3.63) is 104 Å². The van der Waals surface area contributed by atoms with Crippen molar-refractivity contribution in [3.63, 3.8) is 0 Å². The Labute approximate surface area is 217 Å².